The Balaban J connectivity index is 2.09. The van der Waals surface area contributed by atoms with Crippen molar-refractivity contribution in [3.63, 3.8) is 0 Å². The highest BCUT2D eigenvalue weighted by molar-refractivity contribution is 5.64. The van der Waals surface area contributed by atoms with E-state index in [1.54, 1.807) is 6.20 Å². The Labute approximate surface area is 87.3 Å². The number of nitrogens with zero attached hydrogens (tertiary/aromatic N) is 1. The molecule has 1 aromatic heterocycles. The van der Waals surface area contributed by atoms with Crippen LogP contribution in [0.5, 0.6) is 0 Å². The number of rotatable bonds is 2. The van der Waals surface area contributed by atoms with Gasteiger partial charge in [-0.1, -0.05) is 0 Å². The smallest absolute Gasteiger partial charge is 0.404 e. The van der Waals surface area contributed by atoms with Crippen molar-refractivity contribution in [2.45, 2.75) is 25.4 Å². The molecule has 0 bridgehead atoms. The van der Waals surface area contributed by atoms with E-state index in [0.717, 1.165) is 18.5 Å². The molecular weight excluding hydrogens is 194 g/mol. The molecule has 1 atom stereocenters. The zero-order chi connectivity index (χ0) is 10.8. The molecule has 4 N–H and O–H groups in total. The summed E-state index contributed by atoms with van der Waals surface area (Å²) in [7, 11) is 0. The fourth-order valence-corrected chi connectivity index (χ4v) is 1.85. The van der Waals surface area contributed by atoms with Crippen LogP contribution >= 0.6 is 0 Å². The largest absolute Gasteiger partial charge is 0.465 e. The maximum absolute atomic E-state index is 10.3. The number of nitrogens with two attached hydrogens (primary N) is 1. The van der Waals surface area contributed by atoms with Crippen molar-refractivity contribution in [3.8, 4) is 0 Å². The first-order valence-electron chi connectivity index (χ1n) is 4.84. The minimum Gasteiger partial charge on any atom is -0.465 e. The van der Waals surface area contributed by atoms with Crippen LogP contribution in [0.25, 0.3) is 0 Å². The number of carbonyl (C=O) groups is 1. The number of hydrogen-bond donors (Lipinski definition) is 3. The van der Waals surface area contributed by atoms with Gasteiger partial charge in [-0.05, 0) is 30.0 Å². The van der Waals surface area contributed by atoms with E-state index in [0.29, 0.717) is 0 Å². The van der Waals surface area contributed by atoms with E-state index in [1.165, 1.54) is 11.1 Å². The van der Waals surface area contributed by atoms with Crippen LogP contribution in [-0.2, 0) is 19.4 Å². The van der Waals surface area contributed by atoms with E-state index in [-0.39, 0.29) is 12.6 Å². The van der Waals surface area contributed by atoms with Crippen molar-refractivity contribution in [2.75, 3.05) is 0 Å². The van der Waals surface area contributed by atoms with Gasteiger partial charge in [0.05, 0.1) is 12.2 Å². The van der Waals surface area contributed by atoms with Gasteiger partial charge in [-0.2, -0.15) is 0 Å². The third-order valence-corrected chi connectivity index (χ3v) is 2.52. The molecule has 5 nitrogen and oxygen atoms in total. The highest BCUT2D eigenvalue weighted by Crippen LogP contribution is 2.20. The standard InChI is InChI=1S/C10H13N3O2/c11-8-1-6-3-9(5-13-10(14)15)12-4-7(6)2-8/h3-4,8,13H,1-2,5,11H2,(H,14,15). The molecule has 0 saturated heterocycles. The summed E-state index contributed by atoms with van der Waals surface area (Å²) < 4.78 is 0. The van der Waals surface area contributed by atoms with E-state index in [2.05, 4.69) is 10.3 Å². The summed E-state index contributed by atoms with van der Waals surface area (Å²) in [5, 5.41) is 10.7. The van der Waals surface area contributed by atoms with Gasteiger partial charge in [-0.25, -0.2) is 4.79 Å². The second-order valence-electron chi connectivity index (χ2n) is 3.77. The number of fused-ring (bicyclic) bond motifs is 1. The average Bonchev–Trinajstić information content (AvgIpc) is 2.53. The summed E-state index contributed by atoms with van der Waals surface area (Å²) in [6.45, 7) is 0.248. The quantitative estimate of drug-likeness (QED) is 0.649. The highest BCUT2D eigenvalue weighted by Gasteiger charge is 2.18. The topological polar surface area (TPSA) is 88.2 Å². The molecule has 2 rings (SSSR count). The number of pyridine rings is 1. The van der Waals surface area contributed by atoms with Crippen LogP contribution in [0.4, 0.5) is 4.79 Å². The fourth-order valence-electron chi connectivity index (χ4n) is 1.85. The van der Waals surface area contributed by atoms with Crippen LogP contribution in [0.1, 0.15) is 16.8 Å². The first kappa shape index (κ1) is 9.92. The minimum absolute atomic E-state index is 0.185. The molecule has 0 fully saturated rings. The Bertz CT molecular complexity index is 392. The third-order valence-electron chi connectivity index (χ3n) is 2.52. The average molecular weight is 207 g/mol. The fraction of sp³-hybridized carbons (Fsp3) is 0.400. The Morgan fingerprint density at radius 3 is 3.07 bits per heavy atom. The van der Waals surface area contributed by atoms with Crippen LogP contribution < -0.4 is 11.1 Å². The lowest BCUT2D eigenvalue weighted by Crippen LogP contribution is -2.20. The zero-order valence-corrected chi connectivity index (χ0v) is 8.23. The van der Waals surface area contributed by atoms with Crippen molar-refractivity contribution < 1.29 is 9.90 Å². The molecule has 1 aliphatic carbocycles. The Hall–Kier alpha value is -1.62. The van der Waals surface area contributed by atoms with Crippen LogP contribution in [0.2, 0.25) is 0 Å². The molecule has 0 aliphatic heterocycles. The van der Waals surface area contributed by atoms with E-state index in [9.17, 15) is 4.79 Å². The molecule has 1 amide bonds. The Morgan fingerprint density at radius 1 is 1.60 bits per heavy atom. The van der Waals surface area contributed by atoms with Gasteiger partial charge in [0.1, 0.15) is 0 Å². The van der Waals surface area contributed by atoms with Gasteiger partial charge in [0.2, 0.25) is 0 Å². The number of nitrogens with one attached hydrogen (secondary N) is 1. The van der Waals surface area contributed by atoms with Gasteiger partial charge in [0, 0.05) is 12.2 Å². The van der Waals surface area contributed by atoms with Crippen molar-refractivity contribution in [2.24, 2.45) is 5.73 Å². The second kappa shape index (κ2) is 3.86. The monoisotopic (exact) mass is 207 g/mol. The van der Waals surface area contributed by atoms with Crippen molar-refractivity contribution in [1.82, 2.24) is 10.3 Å². The van der Waals surface area contributed by atoms with Crippen LogP contribution in [0, 0.1) is 0 Å². The van der Waals surface area contributed by atoms with E-state index < -0.39 is 6.09 Å². The molecule has 80 valence electrons. The molecule has 15 heavy (non-hydrogen) atoms. The normalized spacial score (nSPS) is 18.6. The SMILES string of the molecule is NC1Cc2cnc(CNC(=O)O)cc2C1. The molecule has 0 aromatic carbocycles. The molecule has 1 aliphatic rings. The van der Waals surface area contributed by atoms with E-state index >= 15 is 0 Å². The minimum atomic E-state index is -1.03. The molecule has 0 radical (unpaired) electrons. The molecule has 0 saturated carbocycles. The Morgan fingerprint density at radius 2 is 2.33 bits per heavy atom. The molecule has 1 unspecified atom stereocenters. The molecule has 1 heterocycles. The summed E-state index contributed by atoms with van der Waals surface area (Å²) in [5.41, 5.74) is 8.94. The summed E-state index contributed by atoms with van der Waals surface area (Å²) in [4.78, 5) is 14.5. The second-order valence-corrected chi connectivity index (χ2v) is 3.77. The number of amides is 1. The van der Waals surface area contributed by atoms with Gasteiger partial charge in [0.15, 0.2) is 0 Å². The predicted molar refractivity (Wildman–Crippen MR) is 54.5 cm³/mol. The summed E-state index contributed by atoms with van der Waals surface area (Å²) in [5.74, 6) is 0. The van der Waals surface area contributed by atoms with Gasteiger partial charge in [-0.15, -0.1) is 0 Å². The molecule has 5 heteroatoms. The van der Waals surface area contributed by atoms with E-state index in [1.807, 2.05) is 6.07 Å². The van der Waals surface area contributed by atoms with Crippen LogP contribution in [0.3, 0.4) is 0 Å². The summed E-state index contributed by atoms with van der Waals surface area (Å²) >= 11 is 0. The summed E-state index contributed by atoms with van der Waals surface area (Å²) in [6, 6.07) is 2.11. The summed E-state index contributed by atoms with van der Waals surface area (Å²) in [6.07, 6.45) is 2.49. The maximum Gasteiger partial charge on any atom is 0.404 e. The van der Waals surface area contributed by atoms with Crippen molar-refractivity contribution in [3.05, 3.63) is 29.1 Å². The van der Waals surface area contributed by atoms with Crippen LogP contribution in [0.15, 0.2) is 12.3 Å². The Kier molecular flexibility index (Phi) is 2.55. The predicted octanol–water partition coefficient (Wildman–Crippen LogP) is 0.275. The van der Waals surface area contributed by atoms with Crippen molar-refractivity contribution in [1.29, 1.82) is 0 Å². The lowest BCUT2D eigenvalue weighted by atomic mass is 10.1. The number of carboxylic acid groups (broad SMARTS) is 1. The van der Waals surface area contributed by atoms with Gasteiger partial charge >= 0.3 is 6.09 Å². The first-order chi connectivity index (χ1) is 7.15. The lowest BCUT2D eigenvalue weighted by Gasteiger charge is -2.03. The number of hydrogen-bond acceptors (Lipinski definition) is 3. The zero-order valence-electron chi connectivity index (χ0n) is 8.23. The maximum atomic E-state index is 10.3. The molecule has 0 spiro atoms. The molecular formula is C10H13N3O2. The van der Waals surface area contributed by atoms with Gasteiger partial charge in [0.25, 0.3) is 0 Å². The van der Waals surface area contributed by atoms with Crippen LogP contribution in [-0.4, -0.2) is 22.2 Å². The first-order valence-corrected chi connectivity index (χ1v) is 4.84. The van der Waals surface area contributed by atoms with Gasteiger partial charge in [-0.3, -0.25) is 4.98 Å². The number of aromatic nitrogens is 1. The van der Waals surface area contributed by atoms with Crippen molar-refractivity contribution >= 4 is 6.09 Å². The third kappa shape index (κ3) is 2.24. The highest BCUT2D eigenvalue weighted by atomic mass is 16.4. The molecule has 1 aromatic rings. The van der Waals surface area contributed by atoms with Gasteiger partial charge < -0.3 is 16.2 Å². The van der Waals surface area contributed by atoms with E-state index in [4.69, 9.17) is 10.8 Å². The lowest BCUT2D eigenvalue weighted by molar-refractivity contribution is 0.194.